The Hall–Kier alpha value is -2.98. The molecule has 4 rings (SSSR count). The number of aromatic nitrogens is 2. The summed E-state index contributed by atoms with van der Waals surface area (Å²) in [5.74, 6) is -0.437. The molecule has 0 saturated carbocycles. The molecule has 1 heterocycles. The molecule has 0 bridgehead atoms. The van der Waals surface area contributed by atoms with E-state index in [9.17, 15) is 17.2 Å². The number of imidazole rings is 1. The average Bonchev–Trinajstić information content (AvgIpc) is 3.25. The monoisotopic (exact) mass is 551 g/mol. The molecule has 11 heteroatoms. The second-order valence-electron chi connectivity index (χ2n) is 7.85. The highest BCUT2D eigenvalue weighted by Gasteiger charge is 2.26. The van der Waals surface area contributed by atoms with E-state index in [1.54, 1.807) is 16.7 Å². The van der Waals surface area contributed by atoms with Crippen LogP contribution in [0.15, 0.2) is 77.8 Å². The molecule has 1 aromatic heterocycles. The smallest absolute Gasteiger partial charge is 0.302 e. The zero-order valence-electron chi connectivity index (χ0n) is 19.0. The average molecular weight is 552 g/mol. The Balaban J connectivity index is 1.71. The van der Waals surface area contributed by atoms with E-state index in [2.05, 4.69) is 9.71 Å². The second kappa shape index (κ2) is 11.0. The first-order valence-corrected chi connectivity index (χ1v) is 13.1. The summed E-state index contributed by atoms with van der Waals surface area (Å²) in [5.41, 5.74) is 1.21. The van der Waals surface area contributed by atoms with Crippen molar-refractivity contribution in [1.29, 1.82) is 0 Å². The van der Waals surface area contributed by atoms with Crippen LogP contribution in [0.4, 0.5) is 8.78 Å². The lowest BCUT2D eigenvalue weighted by atomic mass is 10.0. The van der Waals surface area contributed by atoms with Gasteiger partial charge in [-0.25, -0.2) is 26.9 Å². The minimum absolute atomic E-state index is 0.0636. The van der Waals surface area contributed by atoms with Crippen molar-refractivity contribution in [2.75, 3.05) is 0 Å². The van der Waals surface area contributed by atoms with E-state index in [-0.39, 0.29) is 27.4 Å². The first-order chi connectivity index (χ1) is 17.2. The largest absolute Gasteiger partial charge is 0.426 e. The Morgan fingerprint density at radius 1 is 0.972 bits per heavy atom. The van der Waals surface area contributed by atoms with E-state index in [4.69, 9.17) is 27.9 Å². The first-order valence-electron chi connectivity index (χ1n) is 10.9. The van der Waals surface area contributed by atoms with Crippen LogP contribution < -0.4 is 9.46 Å². The Kier molecular flexibility index (Phi) is 7.94. The third kappa shape index (κ3) is 6.04. The maximum Gasteiger partial charge on any atom is 0.302 e. The minimum atomic E-state index is -4.05. The van der Waals surface area contributed by atoms with Crippen molar-refractivity contribution in [1.82, 2.24) is 14.3 Å². The van der Waals surface area contributed by atoms with Crippen molar-refractivity contribution < 1.29 is 21.9 Å². The fourth-order valence-corrected chi connectivity index (χ4v) is 5.22. The number of hydrogen-bond donors (Lipinski definition) is 1. The van der Waals surface area contributed by atoms with Crippen LogP contribution >= 0.6 is 23.2 Å². The third-order valence-corrected chi connectivity index (χ3v) is 7.61. The normalized spacial score (nSPS) is 12.5. The molecule has 0 spiro atoms. The van der Waals surface area contributed by atoms with E-state index in [0.29, 0.717) is 23.6 Å². The summed E-state index contributed by atoms with van der Waals surface area (Å²) in [4.78, 5) is 4.26. The molecule has 0 fully saturated rings. The number of nitrogens with one attached hydrogen (secondary N) is 1. The van der Waals surface area contributed by atoms with Gasteiger partial charge in [0.25, 0.3) is 0 Å². The number of rotatable bonds is 9. The number of sulfonamides is 1. The standard InChI is InChI=1S/C25H21Cl2F2N3O3S/c1-2-32-24(15-30-25(32)35-19-9-7-18(29)8-10-19)23(13-16-3-5-17(28)6-4-16)31-36(33,34)20-11-12-21(26)22(27)14-20/h3-12,14-15,23,31H,2,13H2,1H3. The van der Waals surface area contributed by atoms with Gasteiger partial charge in [-0.1, -0.05) is 35.3 Å². The minimum Gasteiger partial charge on any atom is -0.426 e. The highest BCUT2D eigenvalue weighted by Crippen LogP contribution is 2.30. The molecule has 1 unspecified atom stereocenters. The molecule has 4 aromatic rings. The fourth-order valence-electron chi connectivity index (χ4n) is 3.62. The van der Waals surface area contributed by atoms with Gasteiger partial charge in [0.1, 0.15) is 17.4 Å². The quantitative estimate of drug-likeness (QED) is 0.256. The van der Waals surface area contributed by atoms with Gasteiger partial charge in [0.05, 0.1) is 32.9 Å². The second-order valence-corrected chi connectivity index (χ2v) is 10.4. The molecular weight excluding hydrogens is 531 g/mol. The zero-order valence-corrected chi connectivity index (χ0v) is 21.3. The molecule has 3 aromatic carbocycles. The topological polar surface area (TPSA) is 73.2 Å². The summed E-state index contributed by atoms with van der Waals surface area (Å²) in [6.45, 7) is 2.26. The molecular formula is C25H21Cl2F2N3O3S. The van der Waals surface area contributed by atoms with Crippen LogP contribution in [0, 0.1) is 11.6 Å². The molecule has 6 nitrogen and oxygen atoms in total. The Morgan fingerprint density at radius 3 is 2.22 bits per heavy atom. The molecule has 0 aliphatic rings. The lowest BCUT2D eigenvalue weighted by molar-refractivity contribution is 0.405. The summed E-state index contributed by atoms with van der Waals surface area (Å²) < 4.78 is 63.6. The number of halogens is 4. The van der Waals surface area contributed by atoms with Crippen LogP contribution in [0.2, 0.25) is 10.0 Å². The van der Waals surface area contributed by atoms with Crippen molar-refractivity contribution >= 4 is 33.2 Å². The highest BCUT2D eigenvalue weighted by atomic mass is 35.5. The summed E-state index contributed by atoms with van der Waals surface area (Å²) >= 11 is 12.0. The van der Waals surface area contributed by atoms with Crippen molar-refractivity contribution in [3.63, 3.8) is 0 Å². The first kappa shape index (κ1) is 26.1. The SMILES string of the molecule is CCn1c(C(Cc2ccc(F)cc2)NS(=O)(=O)c2ccc(Cl)c(Cl)c2)cnc1Oc1ccc(F)cc1. The summed E-state index contributed by atoms with van der Waals surface area (Å²) in [6, 6.07) is 14.7. The maximum absolute atomic E-state index is 13.5. The van der Waals surface area contributed by atoms with Crippen LogP contribution in [0.1, 0.15) is 24.2 Å². The molecule has 1 atom stereocenters. The number of hydrogen-bond acceptors (Lipinski definition) is 4. The maximum atomic E-state index is 13.5. The van der Waals surface area contributed by atoms with Crippen LogP contribution in [0.5, 0.6) is 11.8 Å². The molecule has 188 valence electrons. The van der Waals surface area contributed by atoms with E-state index in [0.717, 1.165) is 0 Å². The fraction of sp³-hybridized carbons (Fsp3) is 0.160. The van der Waals surface area contributed by atoms with Crippen LogP contribution in [0.3, 0.4) is 0 Å². The predicted molar refractivity (Wildman–Crippen MR) is 134 cm³/mol. The molecule has 0 saturated heterocycles. The zero-order chi connectivity index (χ0) is 25.9. The highest BCUT2D eigenvalue weighted by molar-refractivity contribution is 7.89. The molecule has 0 aliphatic carbocycles. The van der Waals surface area contributed by atoms with Gasteiger partial charge in [-0.3, -0.25) is 4.57 Å². The number of ether oxygens (including phenoxy) is 1. The van der Waals surface area contributed by atoms with Gasteiger partial charge in [-0.2, -0.15) is 0 Å². The van der Waals surface area contributed by atoms with Gasteiger partial charge >= 0.3 is 6.01 Å². The Bertz CT molecular complexity index is 1460. The van der Waals surface area contributed by atoms with Crippen LogP contribution in [0.25, 0.3) is 0 Å². The van der Waals surface area contributed by atoms with E-state index < -0.39 is 27.7 Å². The van der Waals surface area contributed by atoms with Gasteiger partial charge in [0.2, 0.25) is 10.0 Å². The molecule has 36 heavy (non-hydrogen) atoms. The summed E-state index contributed by atoms with van der Waals surface area (Å²) in [6.07, 6.45) is 1.70. The van der Waals surface area contributed by atoms with Gasteiger partial charge in [0, 0.05) is 6.54 Å². The lowest BCUT2D eigenvalue weighted by Gasteiger charge is -2.21. The van der Waals surface area contributed by atoms with Crippen molar-refractivity contribution in [3.8, 4) is 11.8 Å². The Labute approximate surface area is 217 Å². The number of benzene rings is 3. The summed E-state index contributed by atoms with van der Waals surface area (Å²) in [5, 5.41) is 0.327. The third-order valence-electron chi connectivity index (χ3n) is 5.40. The molecule has 1 N–H and O–H groups in total. The van der Waals surface area contributed by atoms with Gasteiger partial charge in [0.15, 0.2) is 0 Å². The molecule has 0 amide bonds. The van der Waals surface area contributed by atoms with E-state index >= 15 is 0 Å². The van der Waals surface area contributed by atoms with Gasteiger partial charge in [-0.05, 0) is 73.5 Å². The lowest BCUT2D eigenvalue weighted by Crippen LogP contribution is -2.31. The molecule has 0 aliphatic heterocycles. The van der Waals surface area contributed by atoms with Crippen molar-refractivity contribution in [2.24, 2.45) is 0 Å². The van der Waals surface area contributed by atoms with Gasteiger partial charge < -0.3 is 4.74 Å². The predicted octanol–water partition coefficient (Wildman–Crippen LogP) is 6.54. The van der Waals surface area contributed by atoms with Crippen molar-refractivity contribution in [2.45, 2.75) is 30.8 Å². The van der Waals surface area contributed by atoms with Crippen molar-refractivity contribution in [3.05, 3.63) is 106 Å². The van der Waals surface area contributed by atoms with Crippen LogP contribution in [-0.4, -0.2) is 18.0 Å². The number of nitrogens with zero attached hydrogens (tertiary/aromatic N) is 2. The Morgan fingerprint density at radius 2 is 1.61 bits per heavy atom. The molecule has 0 radical (unpaired) electrons. The van der Waals surface area contributed by atoms with Crippen LogP contribution in [-0.2, 0) is 23.0 Å². The van der Waals surface area contributed by atoms with E-state index in [1.165, 1.54) is 60.8 Å². The van der Waals surface area contributed by atoms with E-state index in [1.807, 2.05) is 6.92 Å². The van der Waals surface area contributed by atoms with Gasteiger partial charge in [-0.15, -0.1) is 0 Å². The summed E-state index contributed by atoms with van der Waals surface area (Å²) in [7, 11) is -4.05.